The SMILES string of the molecule is CCCc1cnc(CCCCCN)[nH]1. The molecule has 80 valence electrons. The third kappa shape index (κ3) is 3.92. The lowest BCUT2D eigenvalue weighted by Gasteiger charge is -1.96. The molecule has 0 unspecified atom stereocenters. The van der Waals surface area contributed by atoms with Crippen molar-refractivity contribution in [2.24, 2.45) is 5.73 Å². The van der Waals surface area contributed by atoms with Gasteiger partial charge in [-0.25, -0.2) is 4.98 Å². The van der Waals surface area contributed by atoms with Crippen LogP contribution in [-0.2, 0) is 12.8 Å². The van der Waals surface area contributed by atoms with E-state index in [1.54, 1.807) is 0 Å². The van der Waals surface area contributed by atoms with Crippen LogP contribution < -0.4 is 5.73 Å². The van der Waals surface area contributed by atoms with Gasteiger partial charge in [0.15, 0.2) is 0 Å². The summed E-state index contributed by atoms with van der Waals surface area (Å²) in [5.41, 5.74) is 6.69. The van der Waals surface area contributed by atoms with Crippen molar-refractivity contribution in [2.75, 3.05) is 6.54 Å². The van der Waals surface area contributed by atoms with Crippen LogP contribution in [0.25, 0.3) is 0 Å². The van der Waals surface area contributed by atoms with Gasteiger partial charge >= 0.3 is 0 Å². The number of hydrogen-bond donors (Lipinski definition) is 2. The van der Waals surface area contributed by atoms with E-state index in [9.17, 15) is 0 Å². The summed E-state index contributed by atoms with van der Waals surface area (Å²) < 4.78 is 0. The first kappa shape index (κ1) is 11.2. The van der Waals surface area contributed by atoms with E-state index in [0.29, 0.717) is 0 Å². The molecular formula is C11H21N3. The highest BCUT2D eigenvalue weighted by Gasteiger charge is 1.99. The Morgan fingerprint density at radius 2 is 2.14 bits per heavy atom. The molecule has 0 saturated carbocycles. The molecule has 0 aliphatic rings. The molecule has 0 aliphatic heterocycles. The maximum atomic E-state index is 5.43. The monoisotopic (exact) mass is 195 g/mol. The fourth-order valence-corrected chi connectivity index (χ4v) is 1.54. The van der Waals surface area contributed by atoms with Gasteiger partial charge in [0.05, 0.1) is 0 Å². The van der Waals surface area contributed by atoms with Gasteiger partial charge in [-0.05, 0) is 25.8 Å². The highest BCUT2D eigenvalue weighted by molar-refractivity contribution is 5.01. The van der Waals surface area contributed by atoms with E-state index in [1.807, 2.05) is 6.20 Å². The minimum absolute atomic E-state index is 0.805. The second-order valence-electron chi connectivity index (χ2n) is 3.70. The van der Waals surface area contributed by atoms with Crippen molar-refractivity contribution in [3.05, 3.63) is 17.7 Å². The van der Waals surface area contributed by atoms with Crippen molar-refractivity contribution in [2.45, 2.75) is 45.4 Å². The number of H-pyrrole nitrogens is 1. The van der Waals surface area contributed by atoms with Crippen molar-refractivity contribution in [3.63, 3.8) is 0 Å². The number of aryl methyl sites for hydroxylation is 2. The van der Waals surface area contributed by atoms with Gasteiger partial charge < -0.3 is 10.7 Å². The molecule has 3 N–H and O–H groups in total. The summed E-state index contributed by atoms with van der Waals surface area (Å²) in [7, 11) is 0. The summed E-state index contributed by atoms with van der Waals surface area (Å²) in [5, 5.41) is 0. The normalized spacial score (nSPS) is 10.7. The Balaban J connectivity index is 2.22. The molecule has 0 spiro atoms. The molecule has 0 radical (unpaired) electrons. The summed E-state index contributed by atoms with van der Waals surface area (Å²) in [4.78, 5) is 7.69. The van der Waals surface area contributed by atoms with E-state index in [2.05, 4.69) is 16.9 Å². The summed E-state index contributed by atoms with van der Waals surface area (Å²) in [6.07, 6.45) is 8.83. The largest absolute Gasteiger partial charge is 0.346 e. The molecule has 1 heterocycles. The highest BCUT2D eigenvalue weighted by atomic mass is 14.9. The minimum Gasteiger partial charge on any atom is -0.346 e. The molecule has 14 heavy (non-hydrogen) atoms. The number of imidazole rings is 1. The van der Waals surface area contributed by atoms with Gasteiger partial charge in [-0.3, -0.25) is 0 Å². The van der Waals surface area contributed by atoms with Crippen LogP contribution in [0.3, 0.4) is 0 Å². The Hall–Kier alpha value is -0.830. The number of nitrogens with one attached hydrogen (secondary N) is 1. The Morgan fingerprint density at radius 1 is 1.29 bits per heavy atom. The first-order chi connectivity index (χ1) is 6.86. The second-order valence-corrected chi connectivity index (χ2v) is 3.70. The number of hydrogen-bond acceptors (Lipinski definition) is 2. The maximum absolute atomic E-state index is 5.43. The number of nitrogens with zero attached hydrogens (tertiary/aromatic N) is 1. The Labute approximate surface area is 86.1 Å². The van der Waals surface area contributed by atoms with Crippen LogP contribution in [-0.4, -0.2) is 16.5 Å². The third-order valence-electron chi connectivity index (χ3n) is 2.32. The Kier molecular flexibility index (Phi) is 5.30. The van der Waals surface area contributed by atoms with E-state index >= 15 is 0 Å². The molecule has 1 rings (SSSR count). The predicted molar refractivity (Wildman–Crippen MR) is 59.2 cm³/mol. The molecule has 0 saturated heterocycles. The number of unbranched alkanes of at least 4 members (excludes halogenated alkanes) is 2. The molecule has 1 aromatic rings. The predicted octanol–water partition coefficient (Wildman–Crippen LogP) is 2.03. The zero-order valence-corrected chi connectivity index (χ0v) is 9.05. The van der Waals surface area contributed by atoms with Gasteiger partial charge in [-0.1, -0.05) is 19.8 Å². The standard InChI is InChI=1S/C11H21N3/c1-2-6-10-9-13-11(14-10)7-4-3-5-8-12/h9H,2-8,12H2,1H3,(H,13,14). The summed E-state index contributed by atoms with van der Waals surface area (Å²) in [5.74, 6) is 1.13. The molecule has 0 atom stereocenters. The molecule has 0 aliphatic carbocycles. The molecular weight excluding hydrogens is 174 g/mol. The smallest absolute Gasteiger partial charge is 0.106 e. The van der Waals surface area contributed by atoms with Gasteiger partial charge in [0.25, 0.3) is 0 Å². The summed E-state index contributed by atoms with van der Waals surface area (Å²) in [6.45, 7) is 2.99. The fraction of sp³-hybridized carbons (Fsp3) is 0.727. The fourth-order valence-electron chi connectivity index (χ4n) is 1.54. The minimum atomic E-state index is 0.805. The van der Waals surface area contributed by atoms with Gasteiger partial charge in [-0.2, -0.15) is 0 Å². The molecule has 0 bridgehead atoms. The molecule has 1 aromatic heterocycles. The Morgan fingerprint density at radius 3 is 2.86 bits per heavy atom. The number of aromatic nitrogens is 2. The second kappa shape index (κ2) is 6.60. The van der Waals surface area contributed by atoms with E-state index in [4.69, 9.17) is 5.73 Å². The average molecular weight is 195 g/mol. The zero-order chi connectivity index (χ0) is 10.2. The maximum Gasteiger partial charge on any atom is 0.106 e. The van der Waals surface area contributed by atoms with Crippen LogP contribution in [0.5, 0.6) is 0 Å². The van der Waals surface area contributed by atoms with Crippen molar-refractivity contribution >= 4 is 0 Å². The van der Waals surface area contributed by atoms with E-state index in [1.165, 1.54) is 25.0 Å². The van der Waals surface area contributed by atoms with E-state index in [-0.39, 0.29) is 0 Å². The zero-order valence-electron chi connectivity index (χ0n) is 9.05. The molecule has 0 amide bonds. The van der Waals surface area contributed by atoms with Crippen LogP contribution in [0.4, 0.5) is 0 Å². The van der Waals surface area contributed by atoms with Crippen LogP contribution in [0.15, 0.2) is 6.20 Å². The number of aromatic amines is 1. The number of rotatable bonds is 7. The lowest BCUT2D eigenvalue weighted by atomic mass is 10.2. The van der Waals surface area contributed by atoms with Crippen LogP contribution >= 0.6 is 0 Å². The van der Waals surface area contributed by atoms with Crippen molar-refractivity contribution in [1.82, 2.24) is 9.97 Å². The van der Waals surface area contributed by atoms with Crippen LogP contribution in [0.2, 0.25) is 0 Å². The van der Waals surface area contributed by atoms with Gasteiger partial charge in [0.1, 0.15) is 5.82 Å². The van der Waals surface area contributed by atoms with Crippen LogP contribution in [0.1, 0.15) is 44.1 Å². The lowest BCUT2D eigenvalue weighted by molar-refractivity contribution is 0.672. The first-order valence-corrected chi connectivity index (χ1v) is 5.59. The topological polar surface area (TPSA) is 54.7 Å². The first-order valence-electron chi connectivity index (χ1n) is 5.59. The van der Waals surface area contributed by atoms with Gasteiger partial charge in [0.2, 0.25) is 0 Å². The summed E-state index contributed by atoms with van der Waals surface area (Å²) in [6, 6.07) is 0. The van der Waals surface area contributed by atoms with Gasteiger partial charge in [0, 0.05) is 18.3 Å². The Bertz CT molecular complexity index is 242. The van der Waals surface area contributed by atoms with Crippen LogP contribution in [0, 0.1) is 0 Å². The summed E-state index contributed by atoms with van der Waals surface area (Å²) >= 11 is 0. The van der Waals surface area contributed by atoms with Crippen molar-refractivity contribution in [3.8, 4) is 0 Å². The van der Waals surface area contributed by atoms with E-state index in [0.717, 1.165) is 31.6 Å². The molecule has 3 nitrogen and oxygen atoms in total. The van der Waals surface area contributed by atoms with Crippen molar-refractivity contribution in [1.29, 1.82) is 0 Å². The number of nitrogens with two attached hydrogens (primary N) is 1. The highest BCUT2D eigenvalue weighted by Crippen LogP contribution is 2.05. The van der Waals surface area contributed by atoms with Crippen molar-refractivity contribution < 1.29 is 0 Å². The molecule has 0 aromatic carbocycles. The average Bonchev–Trinajstić information content (AvgIpc) is 2.61. The lowest BCUT2D eigenvalue weighted by Crippen LogP contribution is -1.98. The third-order valence-corrected chi connectivity index (χ3v) is 2.32. The quantitative estimate of drug-likeness (QED) is 0.654. The van der Waals surface area contributed by atoms with Gasteiger partial charge in [-0.15, -0.1) is 0 Å². The van der Waals surface area contributed by atoms with E-state index < -0.39 is 0 Å². The molecule has 3 heteroatoms. The molecule has 0 fully saturated rings.